The van der Waals surface area contributed by atoms with E-state index in [4.69, 9.17) is 9.90 Å². The number of quaternary nitrogens is 1. The van der Waals surface area contributed by atoms with E-state index in [2.05, 4.69) is 51.1 Å². The number of rotatable bonds is 10. The number of unbranched alkanes of at least 4 members (excludes halogenated alkanes) is 3. The lowest BCUT2D eigenvalue weighted by Crippen LogP contribution is -2.51. The second-order valence-corrected chi connectivity index (χ2v) is 6.20. The fraction of sp³-hybridized carbons (Fsp3) is 0.650. The van der Waals surface area contributed by atoms with Gasteiger partial charge in [0.05, 0.1) is 19.6 Å². The van der Waals surface area contributed by atoms with Crippen molar-refractivity contribution >= 4 is 11.7 Å². The number of aliphatic carboxylic acids is 1. The molecule has 1 aromatic carbocycles. The summed E-state index contributed by atoms with van der Waals surface area (Å²) in [5.74, 6) is -1.08. The van der Waals surface area contributed by atoms with Crippen molar-refractivity contribution in [3.05, 3.63) is 30.3 Å². The summed E-state index contributed by atoms with van der Waals surface area (Å²) in [7, 11) is 0. The van der Waals surface area contributed by atoms with Crippen LogP contribution in [0.15, 0.2) is 30.3 Å². The molecule has 0 atom stereocenters. The Morgan fingerprint density at radius 3 is 1.52 bits per heavy atom. The van der Waals surface area contributed by atoms with Gasteiger partial charge in [0.2, 0.25) is 0 Å². The first-order valence-corrected chi connectivity index (χ1v) is 9.11. The summed E-state index contributed by atoms with van der Waals surface area (Å²) in [6.45, 7) is 11.8. The minimum absolute atomic E-state index is 0.972. The predicted molar refractivity (Wildman–Crippen MR) is 98.2 cm³/mol. The van der Waals surface area contributed by atoms with Crippen LogP contribution in [-0.4, -0.2) is 25.6 Å². The maximum Gasteiger partial charge on any atom is 0.132 e. The normalized spacial score (nSPS) is 10.8. The maximum absolute atomic E-state index is 8.89. The van der Waals surface area contributed by atoms with E-state index in [1.165, 1.54) is 68.3 Å². The van der Waals surface area contributed by atoms with Crippen molar-refractivity contribution < 1.29 is 9.90 Å². The Morgan fingerprint density at radius 1 is 0.870 bits per heavy atom. The second kappa shape index (κ2) is 13.1. The molecule has 0 saturated carbocycles. The third kappa shape index (κ3) is 9.39. The first-order chi connectivity index (χ1) is 11.0. The van der Waals surface area contributed by atoms with Gasteiger partial charge in [-0.2, -0.15) is 0 Å². The van der Waals surface area contributed by atoms with Gasteiger partial charge in [-0.25, -0.2) is 0 Å². The highest BCUT2D eigenvalue weighted by molar-refractivity contribution is 5.60. The van der Waals surface area contributed by atoms with Crippen molar-refractivity contribution in [3.63, 3.8) is 0 Å². The van der Waals surface area contributed by atoms with Crippen molar-refractivity contribution in [3.8, 4) is 0 Å². The number of hydrogen-bond donors (Lipinski definition) is 0. The van der Waals surface area contributed by atoms with Gasteiger partial charge in [0.15, 0.2) is 0 Å². The zero-order chi connectivity index (χ0) is 17.6. The molecule has 23 heavy (non-hydrogen) atoms. The van der Waals surface area contributed by atoms with Gasteiger partial charge in [-0.1, -0.05) is 58.2 Å². The van der Waals surface area contributed by atoms with Gasteiger partial charge in [-0.15, -0.1) is 0 Å². The molecule has 0 spiro atoms. The number of nitrogens with zero attached hydrogens (tertiary/aromatic N) is 1. The van der Waals surface area contributed by atoms with Crippen LogP contribution in [0.2, 0.25) is 0 Å². The van der Waals surface area contributed by atoms with Gasteiger partial charge in [0, 0.05) is 5.97 Å². The first-order valence-electron chi connectivity index (χ1n) is 9.11. The zero-order valence-corrected chi connectivity index (χ0v) is 15.5. The topological polar surface area (TPSA) is 40.1 Å². The molecule has 0 aliphatic rings. The number of carboxylic acid groups (broad SMARTS) is 1. The number of carboxylic acids is 1. The third-order valence-corrected chi connectivity index (χ3v) is 4.12. The van der Waals surface area contributed by atoms with Crippen molar-refractivity contribution in [2.45, 2.75) is 66.2 Å². The van der Waals surface area contributed by atoms with Crippen molar-refractivity contribution in [2.24, 2.45) is 0 Å². The molecule has 0 heterocycles. The molecule has 132 valence electrons. The number of carbonyl (C=O) groups is 1. The van der Waals surface area contributed by atoms with Gasteiger partial charge in [0.25, 0.3) is 0 Å². The van der Waals surface area contributed by atoms with Crippen LogP contribution in [0.25, 0.3) is 0 Å². The van der Waals surface area contributed by atoms with Gasteiger partial charge in [-0.05, 0) is 38.3 Å². The van der Waals surface area contributed by atoms with Crippen molar-refractivity contribution in [2.75, 3.05) is 19.6 Å². The first kappa shape index (κ1) is 21.6. The summed E-state index contributed by atoms with van der Waals surface area (Å²) in [4.78, 5) is 8.89. The lowest BCUT2D eigenvalue weighted by Gasteiger charge is -2.38. The van der Waals surface area contributed by atoms with E-state index in [0.717, 1.165) is 6.92 Å². The van der Waals surface area contributed by atoms with Crippen LogP contribution in [0, 0.1) is 0 Å². The van der Waals surface area contributed by atoms with Crippen LogP contribution in [-0.2, 0) is 4.79 Å². The number of carbonyl (C=O) groups excluding carboxylic acids is 1. The Labute approximate surface area is 142 Å². The molecule has 0 bridgehead atoms. The summed E-state index contributed by atoms with van der Waals surface area (Å²) in [6.07, 6.45) is 7.90. The van der Waals surface area contributed by atoms with Crippen molar-refractivity contribution in [1.29, 1.82) is 0 Å². The minimum Gasteiger partial charge on any atom is -0.550 e. The van der Waals surface area contributed by atoms with E-state index in [9.17, 15) is 0 Å². The van der Waals surface area contributed by atoms with Crippen LogP contribution < -0.4 is 9.59 Å². The minimum atomic E-state index is -1.08. The van der Waals surface area contributed by atoms with Crippen LogP contribution in [0.3, 0.4) is 0 Å². The Kier molecular flexibility index (Phi) is 12.4. The molecule has 1 aromatic rings. The molecule has 0 aliphatic carbocycles. The molecule has 1 rings (SSSR count). The maximum atomic E-state index is 8.89. The highest BCUT2D eigenvalue weighted by Gasteiger charge is 2.28. The largest absolute Gasteiger partial charge is 0.550 e. The highest BCUT2D eigenvalue weighted by atomic mass is 16.4. The fourth-order valence-corrected chi connectivity index (χ4v) is 2.85. The fourth-order valence-electron chi connectivity index (χ4n) is 2.85. The summed E-state index contributed by atoms with van der Waals surface area (Å²) < 4.78 is 1.20. The quantitative estimate of drug-likeness (QED) is 0.607. The average molecular weight is 322 g/mol. The molecule has 0 aromatic heterocycles. The molecule has 3 heteroatoms. The van der Waals surface area contributed by atoms with Crippen LogP contribution in [0.5, 0.6) is 0 Å². The number of para-hydroxylation sites is 1. The van der Waals surface area contributed by atoms with E-state index in [1.807, 2.05) is 0 Å². The third-order valence-electron chi connectivity index (χ3n) is 4.12. The van der Waals surface area contributed by atoms with Gasteiger partial charge in [0.1, 0.15) is 5.69 Å². The molecule has 0 unspecified atom stereocenters. The molecule has 0 aliphatic heterocycles. The van der Waals surface area contributed by atoms with Crippen LogP contribution in [0.4, 0.5) is 5.69 Å². The van der Waals surface area contributed by atoms with Crippen LogP contribution >= 0.6 is 0 Å². The van der Waals surface area contributed by atoms with Crippen molar-refractivity contribution in [1.82, 2.24) is 4.48 Å². The summed E-state index contributed by atoms with van der Waals surface area (Å²) in [5.41, 5.74) is 1.53. The van der Waals surface area contributed by atoms with E-state index in [0.29, 0.717) is 0 Å². The molecule has 3 nitrogen and oxygen atoms in total. The molecule has 0 fully saturated rings. The summed E-state index contributed by atoms with van der Waals surface area (Å²) >= 11 is 0. The SMILES string of the molecule is CC(=O)[O-].CCCC[N+](CCCC)(CCCC)c1ccccc1. The monoisotopic (exact) mass is 321 g/mol. The summed E-state index contributed by atoms with van der Waals surface area (Å²) in [6, 6.07) is 11.2. The second-order valence-electron chi connectivity index (χ2n) is 6.20. The van der Waals surface area contributed by atoms with Gasteiger partial charge in [-0.3, -0.25) is 4.48 Å². The predicted octanol–water partition coefficient (Wildman–Crippen LogP) is 4.15. The van der Waals surface area contributed by atoms with Gasteiger partial charge >= 0.3 is 0 Å². The van der Waals surface area contributed by atoms with E-state index < -0.39 is 5.97 Å². The Morgan fingerprint density at radius 2 is 1.22 bits per heavy atom. The number of benzene rings is 1. The zero-order valence-electron chi connectivity index (χ0n) is 15.5. The molecular weight excluding hydrogens is 286 g/mol. The smallest absolute Gasteiger partial charge is 0.132 e. The highest BCUT2D eigenvalue weighted by Crippen LogP contribution is 2.26. The Balaban J connectivity index is 0.00000108. The Hall–Kier alpha value is -1.35. The molecule has 0 amide bonds. The molecule has 0 saturated heterocycles. The Bertz CT molecular complexity index is 378. The molecule has 0 N–H and O–H groups in total. The van der Waals surface area contributed by atoms with E-state index >= 15 is 0 Å². The number of hydrogen-bond acceptors (Lipinski definition) is 2. The van der Waals surface area contributed by atoms with E-state index in [-0.39, 0.29) is 0 Å². The van der Waals surface area contributed by atoms with E-state index in [1.54, 1.807) is 0 Å². The molecule has 0 radical (unpaired) electrons. The lowest BCUT2D eigenvalue weighted by atomic mass is 10.1. The standard InChI is InChI=1S/C18H32N.C2H4O2/c1-4-7-15-19(16-8-5-2,17-9-6-3)18-13-11-10-12-14-18;1-2(3)4/h10-14H,4-9,15-17H2,1-3H3;1H3,(H,3,4)/q+1;/p-1. The van der Waals surface area contributed by atoms with Gasteiger partial charge < -0.3 is 9.90 Å². The average Bonchev–Trinajstić information content (AvgIpc) is 2.55. The molecular formula is C20H35NO2. The lowest BCUT2D eigenvalue weighted by molar-refractivity contribution is -0.302. The summed E-state index contributed by atoms with van der Waals surface area (Å²) in [5, 5.41) is 8.89. The van der Waals surface area contributed by atoms with Crippen LogP contribution in [0.1, 0.15) is 66.2 Å².